The predicted octanol–water partition coefficient (Wildman–Crippen LogP) is 4.77. The zero-order chi connectivity index (χ0) is 25.4. The molecule has 0 radical (unpaired) electrons. The number of nitrogen functional groups attached to an aromatic ring is 1. The molecule has 2 aromatic heterocycles. The smallest absolute Gasteiger partial charge is 0.141 e. The van der Waals surface area contributed by atoms with Gasteiger partial charge < -0.3 is 16.0 Å². The highest BCUT2D eigenvalue weighted by molar-refractivity contribution is 6.16. The van der Waals surface area contributed by atoms with Gasteiger partial charge in [0.25, 0.3) is 0 Å². The Morgan fingerprint density at radius 3 is 2.61 bits per heavy atom. The van der Waals surface area contributed by atoms with Gasteiger partial charge in [-0.05, 0) is 42.7 Å². The molecule has 0 saturated heterocycles. The van der Waals surface area contributed by atoms with Crippen LogP contribution in [0.25, 0.3) is 11.8 Å². The molecule has 8 heteroatoms. The first-order chi connectivity index (χ1) is 17.3. The summed E-state index contributed by atoms with van der Waals surface area (Å²) in [6.45, 7) is 9.13. The Labute approximate surface area is 210 Å². The fourth-order valence-electron chi connectivity index (χ4n) is 4.63. The molecular formula is C28H28N8. The van der Waals surface area contributed by atoms with Gasteiger partial charge in [-0.1, -0.05) is 43.0 Å². The first kappa shape index (κ1) is 23.0. The molecule has 4 aromatic rings. The van der Waals surface area contributed by atoms with Gasteiger partial charge in [-0.25, -0.2) is 9.97 Å². The Hall–Kier alpha value is -4.72. The van der Waals surface area contributed by atoms with Crippen molar-refractivity contribution in [3.8, 4) is 0 Å². The minimum atomic E-state index is 0.211. The molecule has 4 N–H and O–H groups in total. The molecule has 0 fully saturated rings. The number of nitrogens with zero attached hydrogens (tertiary/aromatic N) is 5. The summed E-state index contributed by atoms with van der Waals surface area (Å²) in [5.41, 5.74) is 15.1. The second-order valence-electron chi connectivity index (χ2n) is 8.86. The fraction of sp³-hybridized carbons (Fsp3) is 0.143. The van der Waals surface area contributed by atoms with E-state index in [0.29, 0.717) is 23.5 Å². The summed E-state index contributed by atoms with van der Waals surface area (Å²) in [4.78, 5) is 10.8. The number of anilines is 3. The minimum absolute atomic E-state index is 0.211. The molecule has 0 unspecified atom stereocenters. The van der Waals surface area contributed by atoms with Crippen LogP contribution in [0.2, 0.25) is 0 Å². The summed E-state index contributed by atoms with van der Waals surface area (Å²) in [5, 5.41) is 16.3. The molecule has 0 atom stereocenters. The van der Waals surface area contributed by atoms with E-state index >= 15 is 0 Å². The molecule has 1 aliphatic heterocycles. The largest absolute Gasteiger partial charge is 0.383 e. The molecule has 3 heterocycles. The second kappa shape index (κ2) is 9.14. The van der Waals surface area contributed by atoms with Crippen molar-refractivity contribution < 1.29 is 0 Å². The van der Waals surface area contributed by atoms with Crippen molar-refractivity contribution >= 4 is 34.8 Å². The van der Waals surface area contributed by atoms with Gasteiger partial charge >= 0.3 is 0 Å². The summed E-state index contributed by atoms with van der Waals surface area (Å²) in [7, 11) is 1.81. The van der Waals surface area contributed by atoms with Crippen LogP contribution >= 0.6 is 0 Å². The number of fused-ring (bicyclic) bond motifs is 1. The van der Waals surface area contributed by atoms with Gasteiger partial charge in [0.05, 0.1) is 24.0 Å². The molecule has 2 aromatic carbocycles. The highest BCUT2D eigenvalue weighted by Gasteiger charge is 2.26. The van der Waals surface area contributed by atoms with Crippen LogP contribution in [0.4, 0.5) is 17.3 Å². The third-order valence-corrected chi connectivity index (χ3v) is 6.39. The number of aromatic nitrogens is 4. The van der Waals surface area contributed by atoms with Crippen molar-refractivity contribution in [1.82, 2.24) is 19.7 Å². The lowest BCUT2D eigenvalue weighted by Gasteiger charge is -2.35. The number of nitrogens with two attached hydrogens (primary N) is 1. The number of para-hydroxylation sites is 1. The Balaban J connectivity index is 1.55. The van der Waals surface area contributed by atoms with Crippen LogP contribution in [-0.2, 0) is 7.05 Å². The number of nitrogens with one attached hydrogen (secondary N) is 2. The summed E-state index contributed by atoms with van der Waals surface area (Å²) < 4.78 is 1.65. The molecule has 1 aliphatic rings. The molecule has 0 spiro atoms. The highest BCUT2D eigenvalue weighted by Crippen LogP contribution is 2.39. The topological polar surface area (TPSA) is 109 Å². The van der Waals surface area contributed by atoms with E-state index in [-0.39, 0.29) is 11.5 Å². The van der Waals surface area contributed by atoms with Gasteiger partial charge in [-0.2, -0.15) is 5.10 Å². The predicted molar refractivity (Wildman–Crippen MR) is 146 cm³/mol. The number of benzene rings is 2. The number of hydrogen-bond donors (Lipinski definition) is 3. The monoisotopic (exact) mass is 476 g/mol. The molecule has 5 rings (SSSR count). The van der Waals surface area contributed by atoms with E-state index < -0.39 is 0 Å². The van der Waals surface area contributed by atoms with E-state index in [1.807, 2.05) is 19.2 Å². The zero-order valence-electron chi connectivity index (χ0n) is 20.6. The van der Waals surface area contributed by atoms with Crippen LogP contribution in [0.3, 0.4) is 0 Å². The van der Waals surface area contributed by atoms with E-state index in [1.165, 1.54) is 11.9 Å². The van der Waals surface area contributed by atoms with Gasteiger partial charge in [-0.3, -0.25) is 10.1 Å². The first-order valence-electron chi connectivity index (χ1n) is 11.6. The van der Waals surface area contributed by atoms with Crippen molar-refractivity contribution in [2.24, 2.45) is 7.05 Å². The lowest BCUT2D eigenvalue weighted by molar-refractivity contribution is 0.767. The Morgan fingerprint density at radius 1 is 1.08 bits per heavy atom. The Kier molecular flexibility index (Phi) is 5.85. The molecule has 0 aliphatic carbocycles. The molecule has 180 valence electrons. The third-order valence-electron chi connectivity index (χ3n) is 6.39. The van der Waals surface area contributed by atoms with E-state index in [0.717, 1.165) is 33.8 Å². The molecule has 0 amide bonds. The summed E-state index contributed by atoms with van der Waals surface area (Å²) in [6.07, 6.45) is 6.98. The van der Waals surface area contributed by atoms with Crippen LogP contribution in [-0.4, -0.2) is 32.0 Å². The molecule has 0 saturated carbocycles. The average Bonchev–Trinajstić information content (AvgIpc) is 3.29. The average molecular weight is 477 g/mol. The molecule has 36 heavy (non-hydrogen) atoms. The van der Waals surface area contributed by atoms with E-state index in [2.05, 4.69) is 82.1 Å². The van der Waals surface area contributed by atoms with Crippen LogP contribution in [0, 0.1) is 19.3 Å². The molecule has 0 bridgehead atoms. The quantitative estimate of drug-likeness (QED) is 0.346. The Bertz CT molecular complexity index is 1530. The summed E-state index contributed by atoms with van der Waals surface area (Å²) in [6, 6.07) is 14.5. The standard InChI is InChI=1S/C28H28N8/c1-17-8-5-6-11-23(17)36-19(3)24-18(2)9-7-10-20(24)12-22(36)14-31-28-25(27(30)32-16-33-28)26(29)21-13-34-35(4)15-21/h5-13,15-16,29H,3,14H2,1-2,4H3,(H3,30,31,32,33). The van der Waals surface area contributed by atoms with Crippen molar-refractivity contribution in [1.29, 1.82) is 5.41 Å². The Morgan fingerprint density at radius 2 is 1.86 bits per heavy atom. The zero-order valence-corrected chi connectivity index (χ0v) is 20.6. The van der Waals surface area contributed by atoms with E-state index in [1.54, 1.807) is 17.1 Å². The van der Waals surface area contributed by atoms with Crippen LogP contribution in [0.1, 0.15) is 33.4 Å². The van der Waals surface area contributed by atoms with Crippen LogP contribution < -0.4 is 16.0 Å². The van der Waals surface area contributed by atoms with Crippen molar-refractivity contribution in [2.45, 2.75) is 13.8 Å². The fourth-order valence-corrected chi connectivity index (χ4v) is 4.63. The summed E-state index contributed by atoms with van der Waals surface area (Å²) in [5.74, 6) is 0.725. The van der Waals surface area contributed by atoms with Gasteiger partial charge in [-0.15, -0.1) is 0 Å². The molecular weight excluding hydrogens is 448 g/mol. The van der Waals surface area contributed by atoms with E-state index in [4.69, 9.17) is 11.1 Å². The van der Waals surface area contributed by atoms with Gasteiger partial charge in [0.2, 0.25) is 0 Å². The normalized spacial score (nSPS) is 12.8. The van der Waals surface area contributed by atoms with Crippen molar-refractivity contribution in [2.75, 3.05) is 22.5 Å². The van der Waals surface area contributed by atoms with Gasteiger partial charge in [0.15, 0.2) is 0 Å². The van der Waals surface area contributed by atoms with Crippen molar-refractivity contribution in [3.63, 3.8) is 0 Å². The van der Waals surface area contributed by atoms with Crippen LogP contribution in [0.15, 0.2) is 73.5 Å². The third kappa shape index (κ3) is 4.02. The highest BCUT2D eigenvalue weighted by atomic mass is 15.2. The molecule has 8 nitrogen and oxygen atoms in total. The summed E-state index contributed by atoms with van der Waals surface area (Å²) >= 11 is 0. The van der Waals surface area contributed by atoms with E-state index in [9.17, 15) is 0 Å². The minimum Gasteiger partial charge on any atom is -0.383 e. The van der Waals surface area contributed by atoms with Crippen LogP contribution in [0.5, 0.6) is 0 Å². The number of hydrogen-bond acceptors (Lipinski definition) is 7. The van der Waals surface area contributed by atoms with Crippen molar-refractivity contribution in [3.05, 3.63) is 107 Å². The number of rotatable bonds is 6. The first-order valence-corrected chi connectivity index (χ1v) is 11.6. The lowest BCUT2D eigenvalue weighted by atomic mass is 9.93. The van der Waals surface area contributed by atoms with Gasteiger partial charge in [0.1, 0.15) is 18.0 Å². The maximum atomic E-state index is 8.75. The van der Waals surface area contributed by atoms with Gasteiger partial charge in [0, 0.05) is 41.5 Å². The second-order valence-corrected chi connectivity index (χ2v) is 8.86. The SMILES string of the molecule is C=C1c2c(C)cccc2C=C(CNc2ncnc(N)c2C(=N)c2cnn(C)c2)N1c1ccccc1C. The maximum absolute atomic E-state index is 8.75. The number of aryl methyl sites for hydroxylation is 3. The maximum Gasteiger partial charge on any atom is 0.141 e. The lowest BCUT2D eigenvalue weighted by Crippen LogP contribution is -2.29.